The monoisotopic (exact) mass is 536 g/mol. The molecule has 0 spiro atoms. The second-order valence-corrected chi connectivity index (χ2v) is 8.64. The summed E-state index contributed by atoms with van der Waals surface area (Å²) in [7, 11) is 0. The van der Waals surface area contributed by atoms with Crippen molar-refractivity contribution in [1.29, 1.82) is 0 Å². The van der Waals surface area contributed by atoms with Crippen molar-refractivity contribution in [2.24, 2.45) is 0 Å². The Morgan fingerprint density at radius 3 is 2.62 bits per heavy atom. The van der Waals surface area contributed by atoms with Gasteiger partial charge in [-0.05, 0) is 30.7 Å². The van der Waals surface area contributed by atoms with Gasteiger partial charge in [0.05, 0.1) is 17.0 Å². The number of aliphatic hydroxyl groups is 1. The van der Waals surface area contributed by atoms with Gasteiger partial charge in [-0.15, -0.1) is 0 Å². The minimum Gasteiger partial charge on any atom is -0.462 e. The molecule has 14 heteroatoms. The van der Waals surface area contributed by atoms with Crippen molar-refractivity contribution in [1.82, 2.24) is 29.6 Å². The van der Waals surface area contributed by atoms with E-state index in [1.54, 1.807) is 22.9 Å². The summed E-state index contributed by atoms with van der Waals surface area (Å²) in [5, 5.41) is 16.3. The van der Waals surface area contributed by atoms with Crippen LogP contribution in [0.4, 0.5) is 24.8 Å². The van der Waals surface area contributed by atoms with Crippen LogP contribution in [-0.4, -0.2) is 59.6 Å². The first kappa shape index (κ1) is 25.5. The minimum atomic E-state index is -4.57. The molecular formula is C25H19F3N8O3. The SMILES string of the molecule is Nc1ncnc2c1c(-c1ccc(C(=O)Nc3cc(C(F)(F)F)ccn3)cc1)nn2[C@@H]1CCN(C(=O)C#CO)C1. The summed E-state index contributed by atoms with van der Waals surface area (Å²) in [6.07, 6.45) is -0.102. The van der Waals surface area contributed by atoms with Crippen LogP contribution < -0.4 is 11.1 Å². The number of carbonyl (C=O) groups excluding carboxylic acids is 2. The molecule has 0 saturated carbocycles. The molecule has 2 amide bonds. The number of nitrogens with two attached hydrogens (primary N) is 1. The molecule has 39 heavy (non-hydrogen) atoms. The van der Waals surface area contributed by atoms with Crippen LogP contribution in [0.15, 0.2) is 48.9 Å². The van der Waals surface area contributed by atoms with Crippen LogP contribution in [0.1, 0.15) is 28.4 Å². The number of hydrogen-bond donors (Lipinski definition) is 3. The normalized spacial score (nSPS) is 15.2. The average Bonchev–Trinajstić information content (AvgIpc) is 3.55. The Morgan fingerprint density at radius 1 is 1.13 bits per heavy atom. The second kappa shape index (κ2) is 9.93. The lowest BCUT2D eigenvalue weighted by Crippen LogP contribution is -2.28. The number of likely N-dealkylation sites (tertiary alicyclic amines) is 1. The highest BCUT2D eigenvalue weighted by atomic mass is 19.4. The summed E-state index contributed by atoms with van der Waals surface area (Å²) in [4.78, 5) is 38.4. The third-order valence-electron chi connectivity index (χ3n) is 6.23. The fourth-order valence-electron chi connectivity index (χ4n) is 4.35. The quantitative estimate of drug-likeness (QED) is 0.337. The van der Waals surface area contributed by atoms with Crippen LogP contribution >= 0.6 is 0 Å². The second-order valence-electron chi connectivity index (χ2n) is 8.64. The Labute approximate surface area is 218 Å². The van der Waals surface area contributed by atoms with E-state index >= 15 is 0 Å². The highest BCUT2D eigenvalue weighted by Gasteiger charge is 2.32. The summed E-state index contributed by atoms with van der Waals surface area (Å²) in [6, 6.07) is 7.56. The number of amides is 2. The maximum absolute atomic E-state index is 13.0. The number of nitrogens with one attached hydrogen (secondary N) is 1. The van der Waals surface area contributed by atoms with Gasteiger partial charge in [-0.25, -0.2) is 19.6 Å². The molecular weight excluding hydrogens is 517 g/mol. The number of anilines is 2. The highest BCUT2D eigenvalue weighted by molar-refractivity contribution is 6.04. The van der Waals surface area contributed by atoms with Crippen molar-refractivity contribution in [2.75, 3.05) is 24.1 Å². The van der Waals surface area contributed by atoms with E-state index in [1.807, 2.05) is 0 Å². The molecule has 1 atom stereocenters. The summed E-state index contributed by atoms with van der Waals surface area (Å²) < 4.78 is 40.6. The predicted octanol–water partition coefficient (Wildman–Crippen LogP) is 2.85. The zero-order valence-corrected chi connectivity index (χ0v) is 20.0. The van der Waals surface area contributed by atoms with Crippen LogP contribution in [-0.2, 0) is 11.0 Å². The van der Waals surface area contributed by atoms with E-state index in [0.29, 0.717) is 41.8 Å². The van der Waals surface area contributed by atoms with Gasteiger partial charge in [0.2, 0.25) is 0 Å². The number of rotatable bonds is 4. The highest BCUT2D eigenvalue weighted by Crippen LogP contribution is 2.34. The van der Waals surface area contributed by atoms with Crippen LogP contribution in [0.3, 0.4) is 0 Å². The number of aliphatic hydroxyl groups excluding tert-OH is 1. The molecule has 0 radical (unpaired) electrons. The number of carbonyl (C=O) groups is 2. The molecule has 1 aromatic carbocycles. The van der Waals surface area contributed by atoms with Gasteiger partial charge in [0.25, 0.3) is 5.91 Å². The molecule has 4 aromatic rings. The van der Waals surface area contributed by atoms with Crippen LogP contribution in [0, 0.1) is 12.0 Å². The smallest absolute Gasteiger partial charge is 0.416 e. The summed E-state index contributed by atoms with van der Waals surface area (Å²) in [6.45, 7) is 0.719. The van der Waals surface area contributed by atoms with Gasteiger partial charge in [-0.3, -0.25) is 9.59 Å². The van der Waals surface area contributed by atoms with Crippen molar-refractivity contribution in [3.05, 3.63) is 60.0 Å². The Balaban J connectivity index is 1.41. The zero-order valence-electron chi connectivity index (χ0n) is 20.0. The third kappa shape index (κ3) is 5.01. The Hall–Kier alpha value is -5.19. The molecule has 1 saturated heterocycles. The van der Waals surface area contributed by atoms with Crippen molar-refractivity contribution < 1.29 is 27.9 Å². The van der Waals surface area contributed by atoms with E-state index in [2.05, 4.69) is 26.2 Å². The first-order valence-corrected chi connectivity index (χ1v) is 11.5. The number of benzene rings is 1. The van der Waals surface area contributed by atoms with E-state index in [-0.39, 0.29) is 23.2 Å². The molecule has 1 aliphatic heterocycles. The number of hydrogen-bond acceptors (Lipinski definition) is 8. The van der Waals surface area contributed by atoms with Gasteiger partial charge in [-0.2, -0.15) is 18.3 Å². The van der Waals surface area contributed by atoms with E-state index in [4.69, 9.17) is 15.9 Å². The molecule has 0 bridgehead atoms. The van der Waals surface area contributed by atoms with E-state index in [0.717, 1.165) is 18.3 Å². The summed E-state index contributed by atoms with van der Waals surface area (Å²) in [5.74, 6) is 0.918. The van der Waals surface area contributed by atoms with Crippen LogP contribution in [0.2, 0.25) is 0 Å². The van der Waals surface area contributed by atoms with Crippen LogP contribution in [0.5, 0.6) is 0 Å². The topological polar surface area (TPSA) is 152 Å². The molecule has 198 valence electrons. The van der Waals surface area contributed by atoms with Crippen molar-refractivity contribution >= 4 is 34.5 Å². The summed E-state index contributed by atoms with van der Waals surface area (Å²) >= 11 is 0. The Morgan fingerprint density at radius 2 is 1.90 bits per heavy atom. The molecule has 0 aliphatic carbocycles. The predicted molar refractivity (Wildman–Crippen MR) is 132 cm³/mol. The van der Waals surface area contributed by atoms with Gasteiger partial charge in [-0.1, -0.05) is 12.1 Å². The van der Waals surface area contributed by atoms with E-state index in [1.165, 1.54) is 23.4 Å². The van der Waals surface area contributed by atoms with Crippen molar-refractivity contribution in [2.45, 2.75) is 18.6 Å². The lowest BCUT2D eigenvalue weighted by molar-refractivity contribution is -0.137. The average molecular weight is 536 g/mol. The standard InChI is InChI=1S/C25H19F3N8O3/c26-25(27,28)16-5-8-30-18(11-16)33-24(39)15-3-1-14(2-4-15)21-20-22(29)31-13-32-23(20)36(34-21)17-6-9-35(12-17)19(38)7-10-37/h1-5,8,11,13,17,37H,6,9,12H2,(H2,29,31,32)(H,30,33,39)/t17-/m1/s1. The van der Waals surface area contributed by atoms with Gasteiger partial charge in [0.1, 0.15) is 29.8 Å². The number of pyridine rings is 1. The molecule has 5 rings (SSSR count). The fraction of sp³-hybridized carbons (Fsp3) is 0.200. The molecule has 4 heterocycles. The lowest BCUT2D eigenvalue weighted by Gasteiger charge is -2.13. The number of aromatic nitrogens is 5. The van der Waals surface area contributed by atoms with Crippen LogP contribution in [0.25, 0.3) is 22.3 Å². The molecule has 1 aliphatic rings. The number of fused-ring (bicyclic) bond motifs is 1. The van der Waals surface area contributed by atoms with E-state index in [9.17, 15) is 22.8 Å². The van der Waals surface area contributed by atoms with Gasteiger partial charge in [0.15, 0.2) is 5.65 Å². The number of alkyl halides is 3. The maximum atomic E-state index is 13.0. The molecule has 3 aromatic heterocycles. The summed E-state index contributed by atoms with van der Waals surface area (Å²) in [5.41, 5.74) is 6.92. The minimum absolute atomic E-state index is 0.181. The zero-order chi connectivity index (χ0) is 27.7. The molecule has 11 nitrogen and oxygen atoms in total. The first-order valence-electron chi connectivity index (χ1n) is 11.5. The number of nitrogens with zero attached hydrogens (tertiary/aromatic N) is 6. The number of nitrogen functional groups attached to an aromatic ring is 1. The van der Waals surface area contributed by atoms with Gasteiger partial charge < -0.3 is 21.1 Å². The van der Waals surface area contributed by atoms with Crippen molar-refractivity contribution in [3.63, 3.8) is 0 Å². The fourth-order valence-corrected chi connectivity index (χ4v) is 4.35. The Kier molecular flexibility index (Phi) is 6.48. The Bertz CT molecular complexity index is 1640. The molecule has 1 fully saturated rings. The lowest BCUT2D eigenvalue weighted by atomic mass is 10.1. The number of halogens is 3. The van der Waals surface area contributed by atoms with Crippen molar-refractivity contribution in [3.8, 4) is 23.3 Å². The van der Waals surface area contributed by atoms with Gasteiger partial charge in [0, 0.05) is 36.3 Å². The third-order valence-corrected chi connectivity index (χ3v) is 6.23. The first-order chi connectivity index (χ1) is 18.7. The molecule has 0 unspecified atom stereocenters. The van der Waals surface area contributed by atoms with E-state index < -0.39 is 23.6 Å². The molecule has 4 N–H and O–H groups in total. The largest absolute Gasteiger partial charge is 0.462 e. The van der Waals surface area contributed by atoms with Gasteiger partial charge >= 0.3 is 12.1 Å². The maximum Gasteiger partial charge on any atom is 0.416 e.